The van der Waals surface area contributed by atoms with Gasteiger partial charge in [-0.05, 0) is 151 Å². The Kier molecular flexibility index (Phi) is 8.35. The van der Waals surface area contributed by atoms with E-state index in [0.29, 0.717) is 0 Å². The molecule has 324 valence electrons. The Morgan fingerprint density at radius 1 is 0.243 bits per heavy atom. The van der Waals surface area contributed by atoms with Gasteiger partial charge < -0.3 is 4.42 Å². The van der Waals surface area contributed by atoms with Crippen LogP contribution < -0.4 is 0 Å². The summed E-state index contributed by atoms with van der Waals surface area (Å²) in [7, 11) is 0. The fourth-order valence-electron chi connectivity index (χ4n) is 12.7. The lowest BCUT2D eigenvalue weighted by atomic mass is 9.65. The van der Waals surface area contributed by atoms with Crippen LogP contribution in [0.25, 0.3) is 120 Å². The van der Waals surface area contributed by atoms with Crippen molar-refractivity contribution in [2.75, 3.05) is 0 Å². The van der Waals surface area contributed by atoms with Gasteiger partial charge in [0, 0.05) is 10.8 Å². The van der Waals surface area contributed by atoms with Gasteiger partial charge >= 0.3 is 0 Å². The van der Waals surface area contributed by atoms with Gasteiger partial charge in [0.05, 0.1) is 5.41 Å². The molecule has 13 aromatic carbocycles. The second-order valence-electron chi connectivity index (χ2n) is 19.0. The number of benzene rings is 13. The van der Waals surface area contributed by atoms with Crippen LogP contribution in [0.2, 0.25) is 0 Å². The fraction of sp³-hybridized carbons (Fsp3) is 0.0145. The molecule has 0 aliphatic heterocycles. The Morgan fingerprint density at radius 3 is 1.36 bits per heavy atom. The van der Waals surface area contributed by atoms with Crippen molar-refractivity contribution < 1.29 is 4.42 Å². The molecular weight excluding hydrogens is 845 g/mol. The molecule has 1 heterocycles. The van der Waals surface area contributed by atoms with Crippen molar-refractivity contribution in [2.45, 2.75) is 5.41 Å². The van der Waals surface area contributed by atoms with Gasteiger partial charge in [0.15, 0.2) is 0 Å². The first-order chi connectivity index (χ1) is 34.7. The average molecular weight is 887 g/mol. The summed E-state index contributed by atoms with van der Waals surface area (Å²) in [5, 5.41) is 14.9. The standard InChI is InChI=1S/C69H42O/c1-3-20-48(21-4-1)69(49-22-5-2-6-23-49)67-50-37-34-44(40-45(50)35-38-60(67)66-54-27-9-7-24-51(54)52-25-8-14-32-59(52)68(66)69)43-18-17-19-46(41-43)64-55-28-10-12-30-57(55)65(58-31-13-11-29-56(58)64)47-36-39-63-61(42-47)53-26-15-16-33-62(53)70-63/h1-42H. The summed E-state index contributed by atoms with van der Waals surface area (Å²) in [4.78, 5) is 0. The third kappa shape index (κ3) is 5.43. The molecule has 0 N–H and O–H groups in total. The summed E-state index contributed by atoms with van der Waals surface area (Å²) < 4.78 is 6.27. The summed E-state index contributed by atoms with van der Waals surface area (Å²) >= 11 is 0. The van der Waals surface area contributed by atoms with E-state index in [2.05, 4.69) is 249 Å². The molecule has 0 bridgehead atoms. The highest BCUT2D eigenvalue weighted by atomic mass is 16.3. The number of para-hydroxylation sites is 1. The van der Waals surface area contributed by atoms with E-state index in [0.717, 1.165) is 21.9 Å². The lowest BCUT2D eigenvalue weighted by molar-refractivity contribution is 0.669. The maximum Gasteiger partial charge on any atom is 0.135 e. The Labute approximate surface area is 405 Å². The number of furan rings is 1. The van der Waals surface area contributed by atoms with Crippen LogP contribution in [0.4, 0.5) is 0 Å². The van der Waals surface area contributed by atoms with Gasteiger partial charge in [-0.25, -0.2) is 0 Å². The molecule has 0 spiro atoms. The van der Waals surface area contributed by atoms with Gasteiger partial charge in [-0.15, -0.1) is 0 Å². The molecule has 14 aromatic rings. The van der Waals surface area contributed by atoms with Crippen molar-refractivity contribution in [2.24, 2.45) is 0 Å². The van der Waals surface area contributed by atoms with E-state index in [4.69, 9.17) is 4.42 Å². The first-order valence-electron chi connectivity index (χ1n) is 24.3. The zero-order chi connectivity index (χ0) is 45.9. The zero-order valence-electron chi connectivity index (χ0n) is 38.2. The Balaban J connectivity index is 0.941. The third-order valence-electron chi connectivity index (χ3n) is 15.5. The molecule has 0 radical (unpaired) electrons. The van der Waals surface area contributed by atoms with Gasteiger partial charge in [0.1, 0.15) is 11.2 Å². The molecule has 1 nitrogen and oxygen atoms in total. The largest absolute Gasteiger partial charge is 0.456 e. The zero-order valence-corrected chi connectivity index (χ0v) is 38.2. The first-order valence-corrected chi connectivity index (χ1v) is 24.3. The quantitative estimate of drug-likeness (QED) is 0.124. The van der Waals surface area contributed by atoms with Crippen molar-refractivity contribution in [1.82, 2.24) is 0 Å². The van der Waals surface area contributed by atoms with E-state index >= 15 is 0 Å². The Hall–Kier alpha value is -9.04. The molecule has 1 aliphatic carbocycles. The Bertz CT molecular complexity index is 4360. The SMILES string of the molecule is c1ccc(C2(c3ccccc3)c3c(ccc4cc(-c5cccc(-c6c7ccccc7c(-c7ccc8oc9ccccc9c8c7)c7ccccc67)c5)ccc34)-c3c2c2ccccc2c2ccccc32)cc1. The molecule has 0 saturated heterocycles. The molecule has 15 rings (SSSR count). The minimum atomic E-state index is -0.579. The van der Waals surface area contributed by atoms with E-state index < -0.39 is 5.41 Å². The molecule has 0 fully saturated rings. The predicted molar refractivity (Wildman–Crippen MR) is 295 cm³/mol. The highest BCUT2D eigenvalue weighted by Crippen LogP contribution is 2.62. The van der Waals surface area contributed by atoms with Gasteiger partial charge in [-0.2, -0.15) is 0 Å². The van der Waals surface area contributed by atoms with Gasteiger partial charge in [-0.1, -0.05) is 224 Å². The highest BCUT2D eigenvalue weighted by molar-refractivity contribution is 6.23. The predicted octanol–water partition coefficient (Wildman–Crippen LogP) is 18.7. The summed E-state index contributed by atoms with van der Waals surface area (Å²) in [6, 6.07) is 94.6. The number of rotatable bonds is 5. The fourth-order valence-corrected chi connectivity index (χ4v) is 12.7. The third-order valence-corrected chi connectivity index (χ3v) is 15.5. The molecule has 70 heavy (non-hydrogen) atoms. The molecule has 1 aliphatic rings. The van der Waals surface area contributed by atoms with Crippen LogP contribution in [-0.2, 0) is 5.41 Å². The van der Waals surface area contributed by atoms with Crippen molar-refractivity contribution in [1.29, 1.82) is 0 Å². The van der Waals surface area contributed by atoms with Crippen LogP contribution >= 0.6 is 0 Å². The first kappa shape index (κ1) is 39.0. The molecule has 0 atom stereocenters. The monoisotopic (exact) mass is 886 g/mol. The molecular formula is C69H42O. The van der Waals surface area contributed by atoms with Crippen molar-refractivity contribution in [3.8, 4) is 44.5 Å². The van der Waals surface area contributed by atoms with Crippen LogP contribution in [0, 0.1) is 0 Å². The van der Waals surface area contributed by atoms with Crippen molar-refractivity contribution >= 4 is 75.8 Å². The van der Waals surface area contributed by atoms with E-state index in [1.165, 1.54) is 121 Å². The lowest BCUT2D eigenvalue weighted by Crippen LogP contribution is -2.29. The molecule has 0 unspecified atom stereocenters. The van der Waals surface area contributed by atoms with Crippen LogP contribution in [0.15, 0.2) is 259 Å². The van der Waals surface area contributed by atoms with Crippen molar-refractivity contribution in [3.05, 3.63) is 277 Å². The van der Waals surface area contributed by atoms with Gasteiger partial charge in [0.25, 0.3) is 0 Å². The van der Waals surface area contributed by atoms with E-state index in [1.807, 2.05) is 6.07 Å². The number of hydrogen-bond acceptors (Lipinski definition) is 1. The second kappa shape index (κ2) is 15.0. The number of fused-ring (bicyclic) bond motifs is 15. The average Bonchev–Trinajstić information content (AvgIpc) is 3.97. The molecule has 0 saturated carbocycles. The minimum Gasteiger partial charge on any atom is -0.456 e. The summed E-state index contributed by atoms with van der Waals surface area (Å²) in [5.74, 6) is 0. The molecule has 1 heteroatoms. The topological polar surface area (TPSA) is 13.1 Å². The lowest BCUT2D eigenvalue weighted by Gasteiger charge is -2.35. The number of hydrogen-bond donors (Lipinski definition) is 0. The maximum atomic E-state index is 6.27. The normalized spacial score (nSPS) is 13.0. The molecule has 1 aromatic heterocycles. The smallest absolute Gasteiger partial charge is 0.135 e. The van der Waals surface area contributed by atoms with Crippen LogP contribution in [0.3, 0.4) is 0 Å². The van der Waals surface area contributed by atoms with Crippen LogP contribution in [0.5, 0.6) is 0 Å². The molecule has 0 amide bonds. The van der Waals surface area contributed by atoms with E-state index in [1.54, 1.807) is 0 Å². The second-order valence-corrected chi connectivity index (χ2v) is 19.0. The Morgan fingerprint density at radius 2 is 0.714 bits per heavy atom. The minimum absolute atomic E-state index is 0.579. The van der Waals surface area contributed by atoms with Gasteiger partial charge in [0.2, 0.25) is 0 Å². The summed E-state index contributed by atoms with van der Waals surface area (Å²) in [6.45, 7) is 0. The summed E-state index contributed by atoms with van der Waals surface area (Å²) in [6.07, 6.45) is 0. The van der Waals surface area contributed by atoms with Gasteiger partial charge in [-0.3, -0.25) is 0 Å². The van der Waals surface area contributed by atoms with E-state index in [-0.39, 0.29) is 0 Å². The summed E-state index contributed by atoms with van der Waals surface area (Å²) in [5.41, 5.74) is 16.4. The van der Waals surface area contributed by atoms with E-state index in [9.17, 15) is 0 Å². The van der Waals surface area contributed by atoms with Crippen LogP contribution in [-0.4, -0.2) is 0 Å². The highest BCUT2D eigenvalue weighted by Gasteiger charge is 2.49. The maximum absolute atomic E-state index is 6.27. The van der Waals surface area contributed by atoms with Crippen LogP contribution in [0.1, 0.15) is 22.3 Å². The van der Waals surface area contributed by atoms with Crippen molar-refractivity contribution in [3.63, 3.8) is 0 Å².